The maximum absolute atomic E-state index is 13.0. The number of nitrogens with zero attached hydrogens (tertiary/aromatic N) is 3. The lowest BCUT2D eigenvalue weighted by Gasteiger charge is -2.27. The molecular weight excluding hydrogens is 486 g/mol. The largest absolute Gasteiger partial charge is 0.341 e. The molecule has 0 spiro atoms. The first-order valence-corrected chi connectivity index (χ1v) is 13.9. The Bertz CT molecular complexity index is 1530. The fourth-order valence-corrected chi connectivity index (χ4v) is 5.51. The molecule has 200 valence electrons. The van der Waals surface area contributed by atoms with Gasteiger partial charge in [-0.15, -0.1) is 0 Å². The zero-order valence-corrected chi connectivity index (χ0v) is 22.5. The van der Waals surface area contributed by atoms with Crippen LogP contribution in [0.4, 0.5) is 0 Å². The number of imidazole rings is 2. The van der Waals surface area contributed by atoms with Crippen LogP contribution in [0.3, 0.4) is 0 Å². The van der Waals surface area contributed by atoms with E-state index in [4.69, 9.17) is 10.7 Å². The van der Waals surface area contributed by atoms with Crippen LogP contribution in [0.2, 0.25) is 0 Å². The van der Waals surface area contributed by atoms with Gasteiger partial charge in [0.1, 0.15) is 11.6 Å². The molecule has 6 rings (SSSR count). The number of amides is 1. The average molecular weight is 522 g/mol. The second-order valence-corrected chi connectivity index (χ2v) is 11.0. The number of nitrogens with two attached hydrogens (primary N) is 1. The monoisotopic (exact) mass is 521 g/mol. The Morgan fingerprint density at radius 2 is 1.82 bits per heavy atom. The topological polar surface area (TPSA) is 116 Å². The molecule has 2 saturated heterocycles. The summed E-state index contributed by atoms with van der Waals surface area (Å²) in [5, 5.41) is 3.48. The molecule has 8 nitrogen and oxygen atoms in total. The smallest absolute Gasteiger partial charge is 0.240 e. The first-order valence-electron chi connectivity index (χ1n) is 13.9. The van der Waals surface area contributed by atoms with E-state index < -0.39 is 6.04 Å². The number of benzene rings is 2. The molecule has 0 radical (unpaired) electrons. The van der Waals surface area contributed by atoms with E-state index in [2.05, 4.69) is 44.2 Å². The first kappa shape index (κ1) is 25.4. The molecule has 2 aromatic carbocycles. The van der Waals surface area contributed by atoms with Crippen LogP contribution in [0.1, 0.15) is 74.4 Å². The lowest BCUT2D eigenvalue weighted by atomic mass is 10.0. The number of carbonyl (C=O) groups is 1. The van der Waals surface area contributed by atoms with E-state index in [1.54, 1.807) is 0 Å². The van der Waals surface area contributed by atoms with Crippen molar-refractivity contribution in [3.63, 3.8) is 0 Å². The van der Waals surface area contributed by atoms with Crippen LogP contribution in [0.15, 0.2) is 48.7 Å². The number of likely N-dealkylation sites (tertiary alicyclic amines) is 1. The average Bonchev–Trinajstić information content (AvgIpc) is 3.76. The van der Waals surface area contributed by atoms with Crippen LogP contribution in [0.5, 0.6) is 0 Å². The van der Waals surface area contributed by atoms with Gasteiger partial charge < -0.3 is 25.9 Å². The van der Waals surface area contributed by atoms with Gasteiger partial charge in [-0.1, -0.05) is 37.8 Å². The van der Waals surface area contributed by atoms with Gasteiger partial charge in [0, 0.05) is 17.7 Å². The molecule has 4 heterocycles. The Kier molecular flexibility index (Phi) is 6.94. The quantitative estimate of drug-likeness (QED) is 0.290. The van der Waals surface area contributed by atoms with Gasteiger partial charge >= 0.3 is 0 Å². The van der Waals surface area contributed by atoms with Gasteiger partial charge in [-0.2, -0.15) is 0 Å². The van der Waals surface area contributed by atoms with E-state index >= 15 is 0 Å². The minimum absolute atomic E-state index is 0.00400. The van der Waals surface area contributed by atoms with Crippen molar-refractivity contribution in [1.29, 1.82) is 0 Å². The highest BCUT2D eigenvalue weighted by Gasteiger charge is 2.35. The minimum Gasteiger partial charge on any atom is -0.341 e. The SMILES string of the molecule is CC(C)[C@H](N)C(=O)N1CCC[C@H]1c1nc2ccc(C#Cc3ccc(-c4cnc([C@@H]5CCCN5)[nH]4)cc3)cc2[nH]1. The predicted octanol–water partition coefficient (Wildman–Crippen LogP) is 4.42. The summed E-state index contributed by atoms with van der Waals surface area (Å²) in [7, 11) is 0. The van der Waals surface area contributed by atoms with Crippen molar-refractivity contribution >= 4 is 16.9 Å². The lowest BCUT2D eigenvalue weighted by Crippen LogP contribution is -2.46. The predicted molar refractivity (Wildman–Crippen MR) is 153 cm³/mol. The van der Waals surface area contributed by atoms with E-state index in [1.165, 1.54) is 6.42 Å². The highest BCUT2D eigenvalue weighted by atomic mass is 16.2. The number of hydrogen-bond donors (Lipinski definition) is 4. The fraction of sp³-hybridized carbons (Fsp3) is 0.387. The number of nitrogens with one attached hydrogen (secondary N) is 3. The summed E-state index contributed by atoms with van der Waals surface area (Å²) in [6.07, 6.45) is 6.06. The maximum Gasteiger partial charge on any atom is 0.240 e. The number of aromatic nitrogens is 4. The normalized spacial score (nSPS) is 19.9. The molecule has 2 fully saturated rings. The van der Waals surface area contributed by atoms with E-state index in [-0.39, 0.29) is 17.9 Å². The standard InChI is InChI=1S/C31H35N7O/c1-19(2)28(32)31(39)38-16-4-6-27(38)30-35-23-14-11-21(17-25(23)36-30)8-7-20-9-12-22(13-10-20)26-18-34-29(37-26)24-5-3-15-33-24/h9-14,17-19,24,27-28,33H,3-6,15-16,32H2,1-2H3,(H,34,37)(H,35,36)/t24-,27-,28-/m0/s1. The Balaban J connectivity index is 1.16. The zero-order valence-electron chi connectivity index (χ0n) is 22.5. The summed E-state index contributed by atoms with van der Waals surface area (Å²) in [5.74, 6) is 8.49. The Morgan fingerprint density at radius 1 is 1.03 bits per heavy atom. The third kappa shape index (κ3) is 5.20. The number of rotatable bonds is 5. The van der Waals surface area contributed by atoms with Crippen molar-refractivity contribution in [2.45, 2.75) is 57.7 Å². The summed E-state index contributed by atoms with van der Waals surface area (Å²) in [4.78, 5) is 31.1. The Labute approximate surface area is 228 Å². The van der Waals surface area contributed by atoms with Gasteiger partial charge in [0.05, 0.1) is 41.0 Å². The van der Waals surface area contributed by atoms with Crippen molar-refractivity contribution < 1.29 is 4.79 Å². The fourth-order valence-electron chi connectivity index (χ4n) is 5.51. The van der Waals surface area contributed by atoms with Gasteiger partial charge in [0.25, 0.3) is 0 Å². The van der Waals surface area contributed by atoms with Crippen molar-refractivity contribution in [1.82, 2.24) is 30.2 Å². The first-order chi connectivity index (χ1) is 19.0. The molecule has 8 heteroatoms. The number of hydrogen-bond acceptors (Lipinski definition) is 5. The minimum atomic E-state index is -0.489. The zero-order chi connectivity index (χ0) is 26.9. The van der Waals surface area contributed by atoms with Crippen molar-refractivity contribution in [2.75, 3.05) is 13.1 Å². The van der Waals surface area contributed by atoms with Gasteiger partial charge in [-0.3, -0.25) is 4.79 Å². The summed E-state index contributed by atoms with van der Waals surface area (Å²) >= 11 is 0. The summed E-state index contributed by atoms with van der Waals surface area (Å²) in [6.45, 7) is 5.73. The molecule has 2 aromatic heterocycles. The van der Waals surface area contributed by atoms with Gasteiger partial charge in [-0.05, 0) is 74.0 Å². The molecule has 0 unspecified atom stereocenters. The third-order valence-corrected chi connectivity index (χ3v) is 7.89. The Hall–Kier alpha value is -3.93. The van der Waals surface area contributed by atoms with Crippen LogP contribution in [0.25, 0.3) is 22.3 Å². The molecule has 0 aliphatic carbocycles. The number of H-pyrrole nitrogens is 2. The maximum atomic E-state index is 13.0. The number of carbonyl (C=O) groups excluding carboxylic acids is 1. The van der Waals surface area contributed by atoms with Crippen LogP contribution >= 0.6 is 0 Å². The molecule has 5 N–H and O–H groups in total. The molecule has 2 aliphatic heterocycles. The van der Waals surface area contributed by atoms with E-state index in [0.29, 0.717) is 6.04 Å². The highest BCUT2D eigenvalue weighted by molar-refractivity contribution is 5.83. The molecule has 2 aliphatic rings. The molecule has 0 saturated carbocycles. The van der Waals surface area contributed by atoms with Gasteiger partial charge in [-0.25, -0.2) is 9.97 Å². The van der Waals surface area contributed by atoms with Crippen molar-refractivity contribution in [3.05, 3.63) is 71.4 Å². The van der Waals surface area contributed by atoms with Crippen LogP contribution < -0.4 is 11.1 Å². The molecule has 39 heavy (non-hydrogen) atoms. The summed E-state index contributed by atoms with van der Waals surface area (Å²) in [5.41, 5.74) is 11.9. The highest BCUT2D eigenvalue weighted by Crippen LogP contribution is 2.32. The molecule has 0 bridgehead atoms. The van der Waals surface area contributed by atoms with E-state index in [0.717, 1.165) is 77.4 Å². The molecule has 4 aromatic rings. The Morgan fingerprint density at radius 3 is 2.59 bits per heavy atom. The second kappa shape index (κ2) is 10.7. The second-order valence-electron chi connectivity index (χ2n) is 11.0. The van der Waals surface area contributed by atoms with Crippen molar-refractivity contribution in [3.8, 4) is 23.1 Å². The van der Waals surface area contributed by atoms with Gasteiger partial charge in [0.2, 0.25) is 5.91 Å². The molecule has 3 atom stereocenters. The molecule has 1 amide bonds. The van der Waals surface area contributed by atoms with E-state index in [1.807, 2.05) is 55.3 Å². The van der Waals surface area contributed by atoms with Crippen LogP contribution in [-0.2, 0) is 4.79 Å². The number of aromatic amines is 2. The lowest BCUT2D eigenvalue weighted by molar-refractivity contribution is -0.134. The number of fused-ring (bicyclic) bond motifs is 1. The van der Waals surface area contributed by atoms with Crippen molar-refractivity contribution in [2.24, 2.45) is 11.7 Å². The summed E-state index contributed by atoms with van der Waals surface area (Å²) in [6, 6.07) is 14.0. The van der Waals surface area contributed by atoms with Crippen LogP contribution in [0, 0.1) is 17.8 Å². The van der Waals surface area contributed by atoms with Crippen LogP contribution in [-0.4, -0.2) is 49.9 Å². The third-order valence-electron chi connectivity index (χ3n) is 7.89. The van der Waals surface area contributed by atoms with E-state index in [9.17, 15) is 4.79 Å². The van der Waals surface area contributed by atoms with Gasteiger partial charge in [0.15, 0.2) is 0 Å². The molecular formula is C31H35N7O. The summed E-state index contributed by atoms with van der Waals surface area (Å²) < 4.78 is 0.